The van der Waals surface area contributed by atoms with E-state index in [9.17, 15) is 0 Å². The molecule has 0 bridgehead atoms. The molecule has 1 atom stereocenters. The summed E-state index contributed by atoms with van der Waals surface area (Å²) in [6.45, 7) is 3.29. The van der Waals surface area contributed by atoms with E-state index in [2.05, 4.69) is 29.4 Å². The molecule has 1 aliphatic carbocycles. The molecule has 1 aliphatic rings. The normalized spacial score (nSPS) is 18.2. The van der Waals surface area contributed by atoms with Gasteiger partial charge in [-0.3, -0.25) is 0 Å². The van der Waals surface area contributed by atoms with Gasteiger partial charge in [-0.25, -0.2) is 0 Å². The monoisotopic (exact) mass is 244 g/mol. The number of aromatic nitrogens is 1. The molecule has 0 spiro atoms. The van der Waals surface area contributed by atoms with Crippen molar-refractivity contribution >= 4 is 10.9 Å². The van der Waals surface area contributed by atoms with E-state index < -0.39 is 0 Å². The lowest BCUT2D eigenvalue weighted by Crippen LogP contribution is -2.19. The zero-order chi connectivity index (χ0) is 12.5. The Morgan fingerprint density at radius 2 is 2.33 bits per heavy atom. The Bertz CT molecular complexity index is 559. The minimum Gasteiger partial charge on any atom is -0.495 e. The van der Waals surface area contributed by atoms with Crippen LogP contribution in [0.15, 0.2) is 18.2 Å². The van der Waals surface area contributed by atoms with Gasteiger partial charge in [-0.1, -0.05) is 19.1 Å². The second kappa shape index (κ2) is 4.65. The summed E-state index contributed by atoms with van der Waals surface area (Å²) >= 11 is 0. The van der Waals surface area contributed by atoms with Crippen molar-refractivity contribution < 1.29 is 4.74 Å². The van der Waals surface area contributed by atoms with Crippen LogP contribution in [0.2, 0.25) is 0 Å². The number of methoxy groups -OCH3 is 1. The molecule has 2 aromatic rings. The van der Waals surface area contributed by atoms with E-state index in [4.69, 9.17) is 4.74 Å². The van der Waals surface area contributed by atoms with E-state index in [1.165, 1.54) is 29.5 Å². The lowest BCUT2D eigenvalue weighted by Gasteiger charge is -2.13. The van der Waals surface area contributed by atoms with Crippen LogP contribution < -0.4 is 10.1 Å². The van der Waals surface area contributed by atoms with Gasteiger partial charge in [0.05, 0.1) is 12.6 Å². The summed E-state index contributed by atoms with van der Waals surface area (Å²) in [4.78, 5) is 3.54. The molecule has 96 valence electrons. The minimum atomic E-state index is 0.501. The first-order chi connectivity index (χ1) is 8.85. The van der Waals surface area contributed by atoms with Crippen molar-refractivity contribution in [1.82, 2.24) is 10.3 Å². The van der Waals surface area contributed by atoms with Crippen LogP contribution in [-0.4, -0.2) is 18.6 Å². The van der Waals surface area contributed by atoms with Crippen LogP contribution in [0.3, 0.4) is 0 Å². The number of nitrogens with one attached hydrogen (secondary N) is 2. The lowest BCUT2D eigenvalue weighted by atomic mass is 10.1. The van der Waals surface area contributed by atoms with Crippen LogP contribution in [0.1, 0.15) is 37.1 Å². The summed E-state index contributed by atoms with van der Waals surface area (Å²) in [6, 6.07) is 6.78. The molecule has 1 unspecified atom stereocenters. The maximum Gasteiger partial charge on any atom is 0.142 e. The SMILES string of the molecule is CCCNC1CCc2[nH]c3c(OC)cccc3c21. The van der Waals surface area contributed by atoms with Crippen molar-refractivity contribution in [2.75, 3.05) is 13.7 Å². The summed E-state index contributed by atoms with van der Waals surface area (Å²) in [5.41, 5.74) is 3.98. The number of ether oxygens (including phenoxy) is 1. The first-order valence-corrected chi connectivity index (χ1v) is 6.76. The van der Waals surface area contributed by atoms with Crippen molar-refractivity contribution in [3.8, 4) is 5.75 Å². The number of H-pyrrole nitrogens is 1. The first kappa shape index (κ1) is 11.6. The summed E-state index contributed by atoms with van der Waals surface area (Å²) in [7, 11) is 1.73. The van der Waals surface area contributed by atoms with Crippen LogP contribution in [-0.2, 0) is 6.42 Å². The van der Waals surface area contributed by atoms with Gasteiger partial charge in [-0.15, -0.1) is 0 Å². The van der Waals surface area contributed by atoms with Gasteiger partial charge in [0.2, 0.25) is 0 Å². The second-order valence-electron chi connectivity index (χ2n) is 4.95. The highest BCUT2D eigenvalue weighted by Gasteiger charge is 2.27. The molecule has 0 saturated heterocycles. The molecule has 3 rings (SSSR count). The van der Waals surface area contributed by atoms with Crippen molar-refractivity contribution in [2.45, 2.75) is 32.2 Å². The van der Waals surface area contributed by atoms with Gasteiger partial charge in [0.25, 0.3) is 0 Å². The number of benzene rings is 1. The number of aromatic amines is 1. The largest absolute Gasteiger partial charge is 0.495 e. The van der Waals surface area contributed by atoms with Gasteiger partial charge in [0.1, 0.15) is 5.75 Å². The van der Waals surface area contributed by atoms with E-state index in [-0.39, 0.29) is 0 Å². The predicted molar refractivity (Wildman–Crippen MR) is 74.2 cm³/mol. The third kappa shape index (κ3) is 1.70. The fourth-order valence-corrected chi connectivity index (χ4v) is 2.99. The Kier molecular flexibility index (Phi) is 3.00. The molecule has 3 nitrogen and oxygen atoms in total. The summed E-state index contributed by atoms with van der Waals surface area (Å²) in [6.07, 6.45) is 3.51. The third-order valence-corrected chi connectivity index (χ3v) is 3.81. The van der Waals surface area contributed by atoms with Crippen molar-refractivity contribution in [1.29, 1.82) is 0 Å². The van der Waals surface area contributed by atoms with Crippen LogP contribution in [0.5, 0.6) is 5.75 Å². The van der Waals surface area contributed by atoms with Gasteiger partial charge in [-0.05, 0) is 37.4 Å². The van der Waals surface area contributed by atoms with E-state index >= 15 is 0 Å². The van der Waals surface area contributed by atoms with Gasteiger partial charge >= 0.3 is 0 Å². The van der Waals surface area contributed by atoms with Gasteiger partial charge in [-0.2, -0.15) is 0 Å². The summed E-state index contributed by atoms with van der Waals surface area (Å²) < 4.78 is 5.43. The zero-order valence-corrected chi connectivity index (χ0v) is 11.0. The second-order valence-corrected chi connectivity index (χ2v) is 4.95. The Balaban J connectivity index is 2.06. The van der Waals surface area contributed by atoms with E-state index in [0.29, 0.717) is 6.04 Å². The van der Waals surface area contributed by atoms with Crippen molar-refractivity contribution in [3.63, 3.8) is 0 Å². The molecule has 0 radical (unpaired) electrons. The van der Waals surface area contributed by atoms with E-state index in [1.807, 2.05) is 6.07 Å². The molecule has 0 aliphatic heterocycles. The molecule has 1 aromatic heterocycles. The summed E-state index contributed by atoms with van der Waals surface area (Å²) in [5.74, 6) is 0.941. The average Bonchev–Trinajstić information content (AvgIpc) is 2.95. The highest BCUT2D eigenvalue weighted by atomic mass is 16.5. The molecular weight excluding hydrogens is 224 g/mol. The smallest absolute Gasteiger partial charge is 0.142 e. The quantitative estimate of drug-likeness (QED) is 0.866. The molecular formula is C15H20N2O. The van der Waals surface area contributed by atoms with Crippen LogP contribution >= 0.6 is 0 Å². The number of hydrogen-bond acceptors (Lipinski definition) is 2. The molecule has 3 heteroatoms. The molecule has 18 heavy (non-hydrogen) atoms. The van der Waals surface area contributed by atoms with Crippen LogP contribution in [0, 0.1) is 0 Å². The predicted octanol–water partition coefficient (Wildman–Crippen LogP) is 3.16. The Morgan fingerprint density at radius 3 is 3.11 bits per heavy atom. The highest BCUT2D eigenvalue weighted by molar-refractivity contribution is 5.90. The fourth-order valence-electron chi connectivity index (χ4n) is 2.99. The molecule has 0 fully saturated rings. The molecule has 1 aromatic carbocycles. The molecule has 2 N–H and O–H groups in total. The molecule has 1 heterocycles. The van der Waals surface area contributed by atoms with E-state index in [1.54, 1.807) is 7.11 Å². The third-order valence-electron chi connectivity index (χ3n) is 3.81. The number of para-hydroxylation sites is 1. The van der Waals surface area contributed by atoms with Gasteiger partial charge in [0, 0.05) is 17.1 Å². The zero-order valence-electron chi connectivity index (χ0n) is 11.0. The maximum atomic E-state index is 5.43. The highest BCUT2D eigenvalue weighted by Crippen LogP contribution is 2.39. The number of fused-ring (bicyclic) bond motifs is 3. The Labute approximate surface area is 108 Å². The molecule has 0 amide bonds. The summed E-state index contributed by atoms with van der Waals surface area (Å²) in [5, 5.41) is 4.96. The molecule has 0 saturated carbocycles. The Hall–Kier alpha value is -1.48. The number of hydrogen-bond donors (Lipinski definition) is 2. The first-order valence-electron chi connectivity index (χ1n) is 6.76. The standard InChI is InChI=1S/C15H20N2O/c1-3-9-16-11-7-8-12-14(11)10-5-4-6-13(18-2)15(10)17-12/h4-6,11,16-17H,3,7-9H2,1-2H3. The van der Waals surface area contributed by atoms with Crippen molar-refractivity contribution in [3.05, 3.63) is 29.5 Å². The van der Waals surface area contributed by atoms with Crippen LogP contribution in [0.25, 0.3) is 10.9 Å². The van der Waals surface area contributed by atoms with E-state index in [0.717, 1.165) is 24.2 Å². The lowest BCUT2D eigenvalue weighted by molar-refractivity contribution is 0.419. The van der Waals surface area contributed by atoms with Gasteiger partial charge in [0.15, 0.2) is 0 Å². The fraction of sp³-hybridized carbons (Fsp3) is 0.467. The number of aryl methyl sites for hydroxylation is 1. The average molecular weight is 244 g/mol. The van der Waals surface area contributed by atoms with Gasteiger partial charge < -0.3 is 15.0 Å². The van der Waals surface area contributed by atoms with Crippen molar-refractivity contribution in [2.24, 2.45) is 0 Å². The topological polar surface area (TPSA) is 37.0 Å². The van der Waals surface area contributed by atoms with Crippen LogP contribution in [0.4, 0.5) is 0 Å². The Morgan fingerprint density at radius 1 is 1.44 bits per heavy atom. The number of rotatable bonds is 4. The maximum absolute atomic E-state index is 5.43. The minimum absolute atomic E-state index is 0.501.